The summed E-state index contributed by atoms with van der Waals surface area (Å²) in [5.41, 5.74) is 3.51. The Kier molecular flexibility index (Phi) is 10.9. The molecule has 0 saturated carbocycles. The molecule has 4 aromatic rings. The highest BCUT2D eigenvalue weighted by Gasteiger charge is 2.35. The van der Waals surface area contributed by atoms with Gasteiger partial charge in [-0.25, -0.2) is 4.68 Å². The molecule has 11 heteroatoms. The predicted molar refractivity (Wildman–Crippen MR) is 180 cm³/mol. The maximum absolute atomic E-state index is 14.1. The molecule has 0 aliphatic carbocycles. The number of amides is 1. The molecule has 1 unspecified atom stereocenters. The minimum Gasteiger partial charge on any atom is -0.493 e. The summed E-state index contributed by atoms with van der Waals surface area (Å²) in [6.07, 6.45) is 3.16. The van der Waals surface area contributed by atoms with Gasteiger partial charge >= 0.3 is 0 Å². The number of methoxy groups -OCH3 is 1. The van der Waals surface area contributed by atoms with Crippen molar-refractivity contribution in [1.82, 2.24) is 14.8 Å². The number of halogens is 1. The van der Waals surface area contributed by atoms with Gasteiger partial charge in [-0.05, 0) is 61.7 Å². The number of ether oxygens (including phenoxy) is 3. The number of thioether (sulfide) groups is 1. The van der Waals surface area contributed by atoms with Gasteiger partial charge in [0.25, 0.3) is 5.91 Å². The molecular formula is C34H38ClN5O4S. The lowest BCUT2D eigenvalue weighted by Gasteiger charge is -2.29. The zero-order valence-electron chi connectivity index (χ0n) is 25.9. The van der Waals surface area contributed by atoms with Gasteiger partial charge in [-0.1, -0.05) is 79.5 Å². The van der Waals surface area contributed by atoms with Gasteiger partial charge in [0, 0.05) is 16.5 Å². The van der Waals surface area contributed by atoms with Crippen molar-refractivity contribution in [2.75, 3.05) is 31.0 Å². The van der Waals surface area contributed by atoms with Gasteiger partial charge in [0.05, 0.1) is 31.6 Å². The van der Waals surface area contributed by atoms with E-state index in [4.69, 9.17) is 35.9 Å². The van der Waals surface area contributed by atoms with Crippen LogP contribution in [0.5, 0.6) is 17.2 Å². The summed E-state index contributed by atoms with van der Waals surface area (Å²) in [5, 5.41) is 12.5. The van der Waals surface area contributed by atoms with Crippen LogP contribution in [0.25, 0.3) is 0 Å². The van der Waals surface area contributed by atoms with Crippen LogP contribution < -0.4 is 24.8 Å². The SMILES string of the molecule is CCCCCOc1ccc(C2C(C(=O)Nc3ccccc3OCC)=C(C)Nc3nc(SCc4ccccc4Cl)nn32)cc1OC. The van der Waals surface area contributed by atoms with Gasteiger partial charge in [0.2, 0.25) is 11.1 Å². The van der Waals surface area contributed by atoms with E-state index in [0.717, 1.165) is 30.4 Å². The molecule has 3 aromatic carbocycles. The summed E-state index contributed by atoms with van der Waals surface area (Å²) < 4.78 is 19.3. The highest BCUT2D eigenvalue weighted by Crippen LogP contribution is 2.40. The Morgan fingerprint density at radius 3 is 2.60 bits per heavy atom. The number of fused-ring (bicyclic) bond motifs is 1. The molecule has 1 aliphatic heterocycles. The van der Waals surface area contributed by atoms with Gasteiger partial charge in [-0.2, -0.15) is 4.98 Å². The minimum absolute atomic E-state index is 0.289. The summed E-state index contributed by atoms with van der Waals surface area (Å²) in [4.78, 5) is 18.9. The zero-order chi connectivity index (χ0) is 31.8. The van der Waals surface area contributed by atoms with Gasteiger partial charge in [0.15, 0.2) is 11.5 Å². The van der Waals surface area contributed by atoms with E-state index in [-0.39, 0.29) is 5.91 Å². The molecule has 1 amide bonds. The standard InChI is InChI=1S/C34H38ClN5O4S/c1-5-7-12-19-44-28-18-17-23(20-29(28)42-4)31-30(32(41)37-26-15-10-11-16-27(26)43-6-2)22(3)36-33-38-34(39-40(31)33)45-21-24-13-8-9-14-25(24)35/h8-11,13-18,20,31H,5-7,12,19,21H2,1-4H3,(H,37,41)(H,36,38,39). The fourth-order valence-electron chi connectivity index (χ4n) is 5.10. The first-order chi connectivity index (χ1) is 21.9. The Morgan fingerprint density at radius 1 is 1.02 bits per heavy atom. The third-order valence-corrected chi connectivity index (χ3v) is 8.59. The fraction of sp³-hybridized carbons (Fsp3) is 0.324. The summed E-state index contributed by atoms with van der Waals surface area (Å²) in [6.45, 7) is 7.01. The molecule has 5 rings (SSSR count). The van der Waals surface area contributed by atoms with Crippen LogP contribution in [0.3, 0.4) is 0 Å². The molecule has 9 nitrogen and oxygen atoms in total. The number of allylic oxidation sites excluding steroid dienone is 1. The molecule has 2 heterocycles. The second kappa shape index (κ2) is 15.2. The van der Waals surface area contributed by atoms with Crippen LogP contribution in [0.4, 0.5) is 11.6 Å². The Labute approximate surface area is 273 Å². The summed E-state index contributed by atoms with van der Waals surface area (Å²) in [6, 6.07) is 20.2. The van der Waals surface area contributed by atoms with E-state index in [2.05, 4.69) is 17.6 Å². The van der Waals surface area contributed by atoms with Crippen molar-refractivity contribution >= 4 is 40.9 Å². The highest BCUT2D eigenvalue weighted by molar-refractivity contribution is 7.98. The number of nitrogens with zero attached hydrogens (tertiary/aromatic N) is 3. The second-order valence-corrected chi connectivity index (χ2v) is 11.8. The number of benzene rings is 3. The van der Waals surface area contributed by atoms with Gasteiger partial charge in [0.1, 0.15) is 11.8 Å². The van der Waals surface area contributed by atoms with E-state index in [0.29, 0.717) is 69.3 Å². The molecule has 0 radical (unpaired) electrons. The molecule has 0 spiro atoms. The highest BCUT2D eigenvalue weighted by atomic mass is 35.5. The number of hydrogen-bond acceptors (Lipinski definition) is 8. The van der Waals surface area contributed by atoms with Crippen molar-refractivity contribution < 1.29 is 19.0 Å². The quantitative estimate of drug-likeness (QED) is 0.105. The topological polar surface area (TPSA) is 99.5 Å². The van der Waals surface area contributed by atoms with Crippen LogP contribution in [-0.2, 0) is 10.5 Å². The van der Waals surface area contributed by atoms with Crippen molar-refractivity contribution in [3.05, 3.63) is 94.1 Å². The monoisotopic (exact) mass is 647 g/mol. The number of para-hydroxylation sites is 2. The molecule has 236 valence electrons. The van der Waals surface area contributed by atoms with Gasteiger partial charge in [-0.3, -0.25) is 4.79 Å². The van der Waals surface area contributed by atoms with Crippen LogP contribution in [0.1, 0.15) is 57.2 Å². The van der Waals surface area contributed by atoms with E-state index in [1.54, 1.807) is 11.8 Å². The number of anilines is 2. The van der Waals surface area contributed by atoms with Crippen LogP contribution in [0, 0.1) is 0 Å². The van der Waals surface area contributed by atoms with E-state index < -0.39 is 6.04 Å². The number of unbranched alkanes of at least 4 members (excludes halogenated alkanes) is 2. The van der Waals surface area contributed by atoms with Crippen molar-refractivity contribution in [2.24, 2.45) is 0 Å². The number of nitrogens with one attached hydrogen (secondary N) is 2. The van der Waals surface area contributed by atoms with E-state index in [1.807, 2.05) is 80.6 Å². The largest absolute Gasteiger partial charge is 0.493 e. The Balaban J connectivity index is 1.51. The molecule has 0 saturated heterocycles. The van der Waals surface area contributed by atoms with Crippen molar-refractivity contribution in [2.45, 2.75) is 57.0 Å². The van der Waals surface area contributed by atoms with E-state index in [1.165, 1.54) is 11.8 Å². The van der Waals surface area contributed by atoms with Gasteiger partial charge in [-0.15, -0.1) is 5.10 Å². The third kappa shape index (κ3) is 7.57. The average molecular weight is 648 g/mol. The first-order valence-electron chi connectivity index (χ1n) is 15.1. The number of carbonyl (C=O) groups excluding carboxylic acids is 1. The van der Waals surface area contributed by atoms with Crippen LogP contribution in [-0.4, -0.2) is 41.0 Å². The smallest absolute Gasteiger partial charge is 0.255 e. The summed E-state index contributed by atoms with van der Waals surface area (Å²) in [7, 11) is 1.62. The first kappa shape index (κ1) is 32.2. The fourth-order valence-corrected chi connectivity index (χ4v) is 6.22. The van der Waals surface area contributed by atoms with Gasteiger partial charge < -0.3 is 24.8 Å². The lowest BCUT2D eigenvalue weighted by molar-refractivity contribution is -0.113. The maximum Gasteiger partial charge on any atom is 0.255 e. The van der Waals surface area contributed by atoms with Crippen molar-refractivity contribution in [1.29, 1.82) is 0 Å². The van der Waals surface area contributed by atoms with E-state index >= 15 is 0 Å². The van der Waals surface area contributed by atoms with Crippen LogP contribution >= 0.6 is 23.4 Å². The third-order valence-electron chi connectivity index (χ3n) is 7.34. The molecule has 1 aliphatic rings. The first-order valence-corrected chi connectivity index (χ1v) is 16.4. The Morgan fingerprint density at radius 2 is 1.82 bits per heavy atom. The molecule has 0 bridgehead atoms. The Hall–Kier alpha value is -4.15. The Bertz CT molecular complexity index is 1670. The van der Waals surface area contributed by atoms with Crippen molar-refractivity contribution in [3.63, 3.8) is 0 Å². The summed E-state index contributed by atoms with van der Waals surface area (Å²) >= 11 is 7.87. The number of rotatable bonds is 14. The zero-order valence-corrected chi connectivity index (χ0v) is 27.5. The van der Waals surface area contributed by atoms with Crippen molar-refractivity contribution in [3.8, 4) is 17.2 Å². The average Bonchev–Trinajstić information content (AvgIpc) is 3.45. The molecular weight excluding hydrogens is 610 g/mol. The number of carbonyl (C=O) groups is 1. The predicted octanol–water partition coefficient (Wildman–Crippen LogP) is 8.13. The lowest BCUT2D eigenvalue weighted by Crippen LogP contribution is -2.31. The molecule has 1 aromatic heterocycles. The normalized spacial score (nSPS) is 14.0. The van der Waals surface area contributed by atoms with Crippen LogP contribution in [0.2, 0.25) is 5.02 Å². The second-order valence-electron chi connectivity index (χ2n) is 10.5. The van der Waals surface area contributed by atoms with E-state index in [9.17, 15) is 4.79 Å². The molecule has 45 heavy (non-hydrogen) atoms. The van der Waals surface area contributed by atoms with Crippen LogP contribution in [0.15, 0.2) is 83.2 Å². The molecule has 2 N–H and O–H groups in total. The maximum atomic E-state index is 14.1. The molecule has 1 atom stereocenters. The minimum atomic E-state index is -0.606. The lowest BCUT2D eigenvalue weighted by atomic mass is 9.94. The summed E-state index contributed by atoms with van der Waals surface area (Å²) in [5.74, 6) is 2.67. The number of aromatic nitrogens is 3. The molecule has 0 fully saturated rings. The number of hydrogen-bond donors (Lipinski definition) is 2.